The van der Waals surface area contributed by atoms with Gasteiger partial charge in [-0.15, -0.1) is 0 Å². The smallest absolute Gasteiger partial charge is 0.0901 e. The summed E-state index contributed by atoms with van der Waals surface area (Å²) in [6.45, 7) is 4.86. The SMILES string of the molecule is CC(C)(O)CCC1(O)CN(C(c2ccccc2)c2ccccc2)C1. The fourth-order valence-corrected chi connectivity index (χ4v) is 3.47. The zero-order chi connectivity index (χ0) is 17.2. The van der Waals surface area contributed by atoms with Crippen molar-refractivity contribution < 1.29 is 10.2 Å². The van der Waals surface area contributed by atoms with Crippen molar-refractivity contribution in [3.8, 4) is 0 Å². The summed E-state index contributed by atoms with van der Waals surface area (Å²) in [6, 6.07) is 21.0. The molecule has 0 amide bonds. The predicted molar refractivity (Wildman–Crippen MR) is 96.8 cm³/mol. The summed E-state index contributed by atoms with van der Waals surface area (Å²) in [5.74, 6) is 0. The molecule has 1 fully saturated rings. The Hall–Kier alpha value is -1.68. The predicted octanol–water partition coefficient (Wildman–Crippen LogP) is 3.37. The molecule has 0 aliphatic carbocycles. The zero-order valence-corrected chi connectivity index (χ0v) is 14.5. The Bertz CT molecular complexity index is 603. The minimum atomic E-state index is -0.728. The molecule has 128 valence electrons. The molecule has 0 atom stereocenters. The lowest BCUT2D eigenvalue weighted by Gasteiger charge is -2.51. The van der Waals surface area contributed by atoms with E-state index < -0.39 is 11.2 Å². The molecule has 2 N–H and O–H groups in total. The number of hydrogen-bond donors (Lipinski definition) is 2. The van der Waals surface area contributed by atoms with E-state index in [1.807, 2.05) is 12.1 Å². The Morgan fingerprint density at radius 3 is 1.83 bits per heavy atom. The van der Waals surface area contributed by atoms with Gasteiger partial charge in [-0.1, -0.05) is 60.7 Å². The van der Waals surface area contributed by atoms with E-state index in [0.29, 0.717) is 25.9 Å². The van der Waals surface area contributed by atoms with Crippen molar-refractivity contribution in [1.82, 2.24) is 4.90 Å². The van der Waals surface area contributed by atoms with Crippen molar-refractivity contribution in [1.29, 1.82) is 0 Å². The maximum absolute atomic E-state index is 10.7. The highest BCUT2D eigenvalue weighted by molar-refractivity contribution is 5.32. The van der Waals surface area contributed by atoms with E-state index in [2.05, 4.69) is 53.4 Å². The third-order valence-electron chi connectivity index (χ3n) is 4.79. The molecule has 0 saturated carbocycles. The molecule has 0 spiro atoms. The van der Waals surface area contributed by atoms with Crippen molar-refractivity contribution in [2.75, 3.05) is 13.1 Å². The molecule has 2 aromatic carbocycles. The first kappa shape index (κ1) is 17.2. The van der Waals surface area contributed by atoms with E-state index in [0.717, 1.165) is 0 Å². The lowest BCUT2D eigenvalue weighted by Crippen LogP contribution is -2.62. The van der Waals surface area contributed by atoms with Crippen LogP contribution in [0.4, 0.5) is 0 Å². The van der Waals surface area contributed by atoms with Gasteiger partial charge in [0.2, 0.25) is 0 Å². The van der Waals surface area contributed by atoms with Crippen molar-refractivity contribution in [2.45, 2.75) is 43.9 Å². The van der Waals surface area contributed by atoms with Gasteiger partial charge in [-0.3, -0.25) is 4.90 Å². The van der Waals surface area contributed by atoms with Gasteiger partial charge in [0.25, 0.3) is 0 Å². The van der Waals surface area contributed by atoms with Gasteiger partial charge >= 0.3 is 0 Å². The lowest BCUT2D eigenvalue weighted by atomic mass is 9.82. The van der Waals surface area contributed by atoms with Gasteiger partial charge < -0.3 is 10.2 Å². The van der Waals surface area contributed by atoms with Crippen LogP contribution in [0.1, 0.15) is 43.9 Å². The van der Waals surface area contributed by atoms with E-state index in [4.69, 9.17) is 0 Å². The Kier molecular flexibility index (Phi) is 4.77. The van der Waals surface area contributed by atoms with Gasteiger partial charge in [-0.25, -0.2) is 0 Å². The van der Waals surface area contributed by atoms with Crippen LogP contribution in [-0.2, 0) is 0 Å². The quantitative estimate of drug-likeness (QED) is 0.856. The standard InChI is InChI=1S/C21H27NO2/c1-20(2,23)13-14-21(24)15-22(16-21)19(17-9-5-3-6-10-17)18-11-7-4-8-12-18/h3-12,19,23-24H,13-16H2,1-2H3. The summed E-state index contributed by atoms with van der Waals surface area (Å²) in [7, 11) is 0. The first-order valence-corrected chi connectivity index (χ1v) is 8.65. The van der Waals surface area contributed by atoms with E-state index in [-0.39, 0.29) is 6.04 Å². The summed E-state index contributed by atoms with van der Waals surface area (Å²) < 4.78 is 0. The molecule has 3 rings (SSSR count). The molecule has 3 nitrogen and oxygen atoms in total. The Balaban J connectivity index is 1.75. The van der Waals surface area contributed by atoms with Crippen LogP contribution in [0.3, 0.4) is 0 Å². The highest BCUT2D eigenvalue weighted by Crippen LogP contribution is 2.38. The second-order valence-corrected chi connectivity index (χ2v) is 7.67. The van der Waals surface area contributed by atoms with Crippen LogP contribution in [0.25, 0.3) is 0 Å². The number of hydrogen-bond acceptors (Lipinski definition) is 3. The normalized spacial score (nSPS) is 17.7. The molecular weight excluding hydrogens is 298 g/mol. The largest absolute Gasteiger partial charge is 0.390 e. The van der Waals surface area contributed by atoms with E-state index in [1.54, 1.807) is 13.8 Å². The Morgan fingerprint density at radius 1 is 0.958 bits per heavy atom. The van der Waals surface area contributed by atoms with Gasteiger partial charge in [-0.2, -0.15) is 0 Å². The number of rotatable bonds is 6. The summed E-state index contributed by atoms with van der Waals surface area (Å²) in [5.41, 5.74) is 1.07. The molecule has 1 aliphatic heterocycles. The molecule has 3 heteroatoms. The number of β-amino-alcohol motifs (C(OH)–C–C–N with tert-alkyl or cyclic N) is 1. The minimum absolute atomic E-state index is 0.162. The fourth-order valence-electron chi connectivity index (χ4n) is 3.47. The summed E-state index contributed by atoms with van der Waals surface area (Å²) in [5, 5.41) is 20.6. The summed E-state index contributed by atoms with van der Waals surface area (Å²) >= 11 is 0. The topological polar surface area (TPSA) is 43.7 Å². The van der Waals surface area contributed by atoms with Crippen LogP contribution in [0.15, 0.2) is 60.7 Å². The summed E-state index contributed by atoms with van der Waals surface area (Å²) in [4.78, 5) is 2.31. The van der Waals surface area contributed by atoms with Crippen LogP contribution >= 0.6 is 0 Å². The van der Waals surface area contributed by atoms with Crippen molar-refractivity contribution in [3.05, 3.63) is 71.8 Å². The molecule has 1 heterocycles. The molecule has 0 bridgehead atoms. The maximum atomic E-state index is 10.7. The Morgan fingerprint density at radius 2 is 1.42 bits per heavy atom. The minimum Gasteiger partial charge on any atom is -0.390 e. The van der Waals surface area contributed by atoms with E-state index in [1.165, 1.54) is 11.1 Å². The molecule has 0 radical (unpaired) electrons. The van der Waals surface area contributed by atoms with Crippen molar-refractivity contribution in [3.63, 3.8) is 0 Å². The number of benzene rings is 2. The molecule has 1 aliphatic rings. The van der Waals surface area contributed by atoms with Gasteiger partial charge in [0, 0.05) is 13.1 Å². The lowest BCUT2D eigenvalue weighted by molar-refractivity contribution is -0.123. The molecular formula is C21H27NO2. The number of likely N-dealkylation sites (tertiary alicyclic amines) is 1. The third kappa shape index (κ3) is 4.04. The van der Waals surface area contributed by atoms with Crippen LogP contribution in [0.5, 0.6) is 0 Å². The monoisotopic (exact) mass is 325 g/mol. The van der Waals surface area contributed by atoms with Gasteiger partial charge in [0.1, 0.15) is 0 Å². The zero-order valence-electron chi connectivity index (χ0n) is 14.5. The average molecular weight is 325 g/mol. The molecule has 24 heavy (non-hydrogen) atoms. The highest BCUT2D eigenvalue weighted by Gasteiger charge is 2.45. The first-order chi connectivity index (χ1) is 11.4. The molecule has 0 aromatic heterocycles. The molecule has 2 aromatic rings. The molecule has 0 unspecified atom stereocenters. The second-order valence-electron chi connectivity index (χ2n) is 7.67. The van der Waals surface area contributed by atoms with Crippen molar-refractivity contribution in [2.24, 2.45) is 0 Å². The number of nitrogens with zero attached hydrogens (tertiary/aromatic N) is 1. The van der Waals surface area contributed by atoms with Crippen LogP contribution in [0.2, 0.25) is 0 Å². The van der Waals surface area contributed by atoms with E-state index in [9.17, 15) is 10.2 Å². The fraction of sp³-hybridized carbons (Fsp3) is 0.429. The summed E-state index contributed by atoms with van der Waals surface area (Å²) in [6.07, 6.45) is 1.24. The Labute approximate surface area is 144 Å². The first-order valence-electron chi connectivity index (χ1n) is 8.65. The number of aliphatic hydroxyl groups is 2. The maximum Gasteiger partial charge on any atom is 0.0901 e. The van der Waals surface area contributed by atoms with Gasteiger partial charge in [0.05, 0.1) is 17.2 Å². The third-order valence-corrected chi connectivity index (χ3v) is 4.79. The second kappa shape index (κ2) is 6.67. The van der Waals surface area contributed by atoms with Crippen LogP contribution < -0.4 is 0 Å². The average Bonchev–Trinajstić information content (AvgIpc) is 2.53. The molecule has 1 saturated heterocycles. The van der Waals surface area contributed by atoms with Crippen molar-refractivity contribution >= 4 is 0 Å². The highest BCUT2D eigenvalue weighted by atomic mass is 16.3. The van der Waals surface area contributed by atoms with Gasteiger partial charge in [0.15, 0.2) is 0 Å². The van der Waals surface area contributed by atoms with Crippen LogP contribution in [-0.4, -0.2) is 39.4 Å². The van der Waals surface area contributed by atoms with Gasteiger partial charge in [-0.05, 0) is 37.8 Å². The van der Waals surface area contributed by atoms with E-state index >= 15 is 0 Å². The van der Waals surface area contributed by atoms with Crippen LogP contribution in [0, 0.1) is 0 Å².